The highest BCUT2D eigenvalue weighted by atomic mass is 32.2. The van der Waals surface area contributed by atoms with E-state index in [4.69, 9.17) is 4.98 Å². The number of hydrogen-bond acceptors (Lipinski definition) is 5. The summed E-state index contributed by atoms with van der Waals surface area (Å²) >= 11 is 3.22. The Kier molecular flexibility index (Phi) is 4.60. The number of nitrogens with one attached hydrogen (secondary N) is 1. The highest BCUT2D eigenvalue weighted by molar-refractivity contribution is 7.99. The van der Waals surface area contributed by atoms with Gasteiger partial charge in [0, 0.05) is 28.3 Å². The Morgan fingerprint density at radius 3 is 2.97 bits per heavy atom. The molecule has 0 radical (unpaired) electrons. The Morgan fingerprint density at radius 1 is 1.24 bits per heavy atom. The largest absolute Gasteiger partial charge is 0.325 e. The Balaban J connectivity index is 1.60. The average molecular weight is 423 g/mol. The molecule has 0 bridgehead atoms. The summed E-state index contributed by atoms with van der Waals surface area (Å²) in [4.78, 5) is 31.9. The van der Waals surface area contributed by atoms with Crippen molar-refractivity contribution in [3.8, 4) is 0 Å². The summed E-state index contributed by atoms with van der Waals surface area (Å²) in [6.45, 7) is 0.702. The van der Waals surface area contributed by atoms with E-state index in [1.807, 2.05) is 54.8 Å². The van der Waals surface area contributed by atoms with Crippen molar-refractivity contribution in [3.63, 3.8) is 0 Å². The smallest absolute Gasteiger partial charge is 0.278 e. The molecule has 2 aromatic carbocycles. The number of aromatic nitrogens is 3. The maximum atomic E-state index is 13.2. The van der Waals surface area contributed by atoms with Crippen molar-refractivity contribution in [2.45, 2.75) is 23.1 Å². The molecular weight excluding hydrogens is 404 g/mol. The third-order valence-electron chi connectivity index (χ3n) is 5.03. The van der Waals surface area contributed by atoms with Gasteiger partial charge in [0.05, 0.1) is 5.52 Å². The molecule has 1 aliphatic heterocycles. The van der Waals surface area contributed by atoms with Gasteiger partial charge in [-0.1, -0.05) is 36.0 Å². The minimum atomic E-state index is -0.176. The molecule has 1 N–H and O–H groups in total. The van der Waals surface area contributed by atoms with Crippen LogP contribution in [0.25, 0.3) is 21.9 Å². The van der Waals surface area contributed by atoms with Gasteiger partial charge in [0.25, 0.3) is 5.56 Å². The van der Waals surface area contributed by atoms with Crippen LogP contribution in [0.15, 0.2) is 63.4 Å². The van der Waals surface area contributed by atoms with E-state index >= 15 is 0 Å². The van der Waals surface area contributed by atoms with Gasteiger partial charge in [0.15, 0.2) is 5.16 Å². The van der Waals surface area contributed by atoms with Crippen molar-refractivity contribution in [2.75, 3.05) is 17.3 Å². The van der Waals surface area contributed by atoms with E-state index in [0.717, 1.165) is 32.4 Å². The number of hydrogen-bond donors (Lipinski definition) is 1. The maximum absolute atomic E-state index is 13.2. The Morgan fingerprint density at radius 2 is 2.10 bits per heavy atom. The molecule has 29 heavy (non-hydrogen) atoms. The van der Waals surface area contributed by atoms with Crippen LogP contribution in [0.1, 0.15) is 0 Å². The molecule has 0 aliphatic carbocycles. The molecule has 0 saturated heterocycles. The molecule has 0 unspecified atom stereocenters. The first-order chi connectivity index (χ1) is 14.2. The van der Waals surface area contributed by atoms with Crippen LogP contribution in [-0.4, -0.2) is 32.0 Å². The predicted molar refractivity (Wildman–Crippen MR) is 119 cm³/mol. The third-order valence-corrected chi connectivity index (χ3v) is 6.71. The van der Waals surface area contributed by atoms with Gasteiger partial charge in [0.1, 0.15) is 17.6 Å². The number of rotatable bonds is 4. The van der Waals surface area contributed by atoms with Crippen LogP contribution in [0.3, 0.4) is 0 Å². The second kappa shape index (κ2) is 7.27. The van der Waals surface area contributed by atoms with Crippen LogP contribution in [0.5, 0.6) is 0 Å². The Labute approximate surface area is 175 Å². The van der Waals surface area contributed by atoms with Crippen LogP contribution >= 0.6 is 23.5 Å². The van der Waals surface area contributed by atoms with Gasteiger partial charge < -0.3 is 9.88 Å². The van der Waals surface area contributed by atoms with Crippen molar-refractivity contribution >= 4 is 57.1 Å². The lowest BCUT2D eigenvalue weighted by molar-refractivity contribution is -0.116. The SMILES string of the molecule is CSc1cccc(NC(=O)Cn2c3ccccc3c3nc4n(c(=O)c32)CCS4)c1. The van der Waals surface area contributed by atoms with Gasteiger partial charge >= 0.3 is 0 Å². The summed E-state index contributed by atoms with van der Waals surface area (Å²) in [6.07, 6.45) is 2.00. The van der Waals surface area contributed by atoms with Crippen molar-refractivity contribution in [2.24, 2.45) is 0 Å². The molecule has 8 heteroatoms. The van der Waals surface area contributed by atoms with E-state index in [-0.39, 0.29) is 18.0 Å². The lowest BCUT2D eigenvalue weighted by atomic mass is 10.2. The highest BCUT2D eigenvalue weighted by Crippen LogP contribution is 2.30. The fraction of sp³-hybridized carbons (Fsp3) is 0.190. The van der Waals surface area contributed by atoms with Gasteiger partial charge in [-0.3, -0.25) is 14.2 Å². The quantitative estimate of drug-likeness (QED) is 0.400. The van der Waals surface area contributed by atoms with Crippen molar-refractivity contribution in [1.29, 1.82) is 0 Å². The van der Waals surface area contributed by atoms with Gasteiger partial charge in [-0.15, -0.1) is 11.8 Å². The number of fused-ring (bicyclic) bond motifs is 4. The zero-order valence-electron chi connectivity index (χ0n) is 15.7. The third kappa shape index (κ3) is 3.12. The average Bonchev–Trinajstić information content (AvgIpc) is 3.32. The number of benzene rings is 2. The maximum Gasteiger partial charge on any atom is 0.278 e. The summed E-state index contributed by atoms with van der Waals surface area (Å²) in [5.74, 6) is 0.671. The van der Waals surface area contributed by atoms with E-state index < -0.39 is 0 Å². The zero-order valence-corrected chi connectivity index (χ0v) is 17.3. The number of nitrogens with zero attached hydrogens (tertiary/aromatic N) is 3. The zero-order chi connectivity index (χ0) is 20.0. The highest BCUT2D eigenvalue weighted by Gasteiger charge is 2.23. The number of para-hydroxylation sites is 1. The molecule has 1 amide bonds. The summed E-state index contributed by atoms with van der Waals surface area (Å²) in [5.41, 5.74) is 2.67. The summed E-state index contributed by atoms with van der Waals surface area (Å²) in [7, 11) is 0. The molecule has 2 aromatic heterocycles. The molecule has 5 rings (SSSR count). The fourth-order valence-corrected chi connectivity index (χ4v) is 5.13. The molecule has 0 fully saturated rings. The second-order valence-electron chi connectivity index (χ2n) is 6.78. The van der Waals surface area contributed by atoms with Gasteiger partial charge in [0.2, 0.25) is 5.91 Å². The molecule has 146 valence electrons. The van der Waals surface area contributed by atoms with Crippen LogP contribution in [0.4, 0.5) is 5.69 Å². The standard InChI is InChI=1S/C21H18N4O2S2/c1-28-14-6-4-5-13(11-14)22-17(26)12-25-16-8-3-2-7-15(16)18-19(25)20(27)24-9-10-29-21(24)23-18/h2-8,11H,9-10,12H2,1H3,(H,22,26). The molecule has 1 aliphatic rings. The Hall–Kier alpha value is -2.71. The molecule has 0 spiro atoms. The first-order valence-electron chi connectivity index (χ1n) is 9.24. The lowest BCUT2D eigenvalue weighted by Gasteiger charge is -2.10. The number of carbonyl (C=O) groups excluding carboxylic acids is 1. The van der Waals surface area contributed by atoms with E-state index in [1.54, 1.807) is 32.7 Å². The second-order valence-corrected chi connectivity index (χ2v) is 8.72. The summed E-state index contributed by atoms with van der Waals surface area (Å²) in [6, 6.07) is 15.5. The topological polar surface area (TPSA) is 68.9 Å². The summed E-state index contributed by atoms with van der Waals surface area (Å²) in [5, 5.41) is 4.60. The number of carbonyl (C=O) groups is 1. The van der Waals surface area contributed by atoms with Crippen molar-refractivity contribution in [3.05, 3.63) is 58.9 Å². The normalized spacial score (nSPS) is 13.1. The van der Waals surface area contributed by atoms with Gasteiger partial charge in [-0.25, -0.2) is 4.98 Å². The molecule has 3 heterocycles. The number of thioether (sulfide) groups is 2. The Bertz CT molecular complexity index is 1330. The fourth-order valence-electron chi connectivity index (χ4n) is 3.73. The van der Waals surface area contributed by atoms with Crippen LogP contribution in [-0.2, 0) is 17.9 Å². The first kappa shape index (κ1) is 18.3. The lowest BCUT2D eigenvalue weighted by Crippen LogP contribution is -2.25. The van der Waals surface area contributed by atoms with Crippen LogP contribution in [0, 0.1) is 0 Å². The monoisotopic (exact) mass is 422 g/mol. The van der Waals surface area contributed by atoms with E-state index in [1.165, 1.54) is 0 Å². The van der Waals surface area contributed by atoms with E-state index in [2.05, 4.69) is 5.32 Å². The first-order valence-corrected chi connectivity index (χ1v) is 11.5. The van der Waals surface area contributed by atoms with Crippen molar-refractivity contribution < 1.29 is 4.79 Å². The minimum Gasteiger partial charge on any atom is -0.325 e. The van der Waals surface area contributed by atoms with Crippen LogP contribution in [0.2, 0.25) is 0 Å². The number of amides is 1. The van der Waals surface area contributed by atoms with Crippen LogP contribution < -0.4 is 10.9 Å². The molecular formula is C21H18N4O2S2. The minimum absolute atomic E-state index is 0.0525. The molecule has 6 nitrogen and oxygen atoms in total. The predicted octanol–water partition coefficient (Wildman–Crippen LogP) is 3.82. The van der Waals surface area contributed by atoms with E-state index in [0.29, 0.717) is 17.6 Å². The summed E-state index contributed by atoms with van der Waals surface area (Å²) < 4.78 is 3.51. The molecule has 0 saturated carbocycles. The molecule has 0 atom stereocenters. The molecule has 4 aromatic rings. The number of anilines is 1. The van der Waals surface area contributed by atoms with Gasteiger partial charge in [-0.05, 0) is 30.5 Å². The van der Waals surface area contributed by atoms with Gasteiger partial charge in [-0.2, -0.15) is 0 Å². The van der Waals surface area contributed by atoms with E-state index in [9.17, 15) is 9.59 Å². The van der Waals surface area contributed by atoms with Crippen molar-refractivity contribution in [1.82, 2.24) is 14.1 Å².